The average molecular weight is 453 g/mol. The second kappa shape index (κ2) is 10.8. The third-order valence-corrected chi connectivity index (χ3v) is 5.33. The Morgan fingerprint density at radius 2 is 1.91 bits per heavy atom. The minimum Gasteiger partial charge on any atom is -0.494 e. The largest absolute Gasteiger partial charge is 0.494 e. The number of hydrogen-bond donors (Lipinski definition) is 1. The summed E-state index contributed by atoms with van der Waals surface area (Å²) in [5, 5.41) is 3.40. The van der Waals surface area contributed by atoms with Crippen LogP contribution in [0.3, 0.4) is 0 Å². The summed E-state index contributed by atoms with van der Waals surface area (Å²) in [6, 6.07) is 13.3. The summed E-state index contributed by atoms with van der Waals surface area (Å²) >= 11 is 1.44. The Morgan fingerprint density at radius 3 is 2.56 bits per heavy atom. The number of benzene rings is 2. The quantitative estimate of drug-likeness (QED) is 0.405. The van der Waals surface area contributed by atoms with E-state index in [1.807, 2.05) is 70.2 Å². The number of anilines is 1. The van der Waals surface area contributed by atoms with E-state index in [4.69, 9.17) is 14.2 Å². The third kappa shape index (κ3) is 6.11. The highest BCUT2D eigenvalue weighted by atomic mass is 32.1. The Bertz CT molecular complexity index is 1090. The monoisotopic (exact) mass is 452 g/mol. The number of methoxy groups -OCH3 is 1. The fourth-order valence-corrected chi connectivity index (χ4v) is 3.89. The highest BCUT2D eigenvalue weighted by Gasteiger charge is 2.12. The molecule has 32 heavy (non-hydrogen) atoms. The molecule has 0 fully saturated rings. The van der Waals surface area contributed by atoms with Crippen LogP contribution in [0.2, 0.25) is 0 Å². The molecule has 0 radical (unpaired) electrons. The van der Waals surface area contributed by atoms with Crippen LogP contribution in [0.25, 0.3) is 17.3 Å². The second-order valence-electron chi connectivity index (χ2n) is 7.28. The maximum Gasteiger partial charge on any atom is 0.250 e. The molecule has 1 heterocycles. The number of aryl methyl sites for hydroxylation is 1. The molecule has 0 aliphatic rings. The molecule has 1 amide bonds. The van der Waals surface area contributed by atoms with Crippen LogP contribution in [-0.4, -0.2) is 30.7 Å². The summed E-state index contributed by atoms with van der Waals surface area (Å²) in [6.45, 7) is 8.48. The van der Waals surface area contributed by atoms with Gasteiger partial charge in [-0.15, -0.1) is 11.3 Å². The maximum atomic E-state index is 12.4. The molecule has 0 spiro atoms. The smallest absolute Gasteiger partial charge is 0.250 e. The molecule has 3 aromatic rings. The minimum atomic E-state index is -0.251. The van der Waals surface area contributed by atoms with Crippen molar-refractivity contribution in [3.8, 4) is 28.5 Å². The molecule has 168 valence electrons. The number of hydrogen-bond acceptors (Lipinski definition) is 6. The molecule has 0 aliphatic carbocycles. The molecule has 1 N–H and O–H groups in total. The van der Waals surface area contributed by atoms with E-state index in [0.29, 0.717) is 23.2 Å². The molecule has 0 unspecified atom stereocenters. The van der Waals surface area contributed by atoms with Gasteiger partial charge in [0.15, 0.2) is 16.6 Å². The number of carbonyl (C=O) groups excluding carboxylic acids is 1. The van der Waals surface area contributed by atoms with Gasteiger partial charge in [-0.05, 0) is 75.7 Å². The second-order valence-corrected chi connectivity index (χ2v) is 8.48. The topological polar surface area (TPSA) is 69.7 Å². The van der Waals surface area contributed by atoms with Gasteiger partial charge in [-0.3, -0.25) is 10.1 Å². The number of amides is 1. The SMILES string of the molecule is CCOc1ccc(-c2nc(NC(=O)/C=C/c3ccc(OC(C)C)c(OC)c3)sc2C)cc1. The first-order valence-corrected chi connectivity index (χ1v) is 11.3. The highest BCUT2D eigenvalue weighted by Crippen LogP contribution is 2.32. The Kier molecular flexibility index (Phi) is 7.89. The molecule has 0 atom stereocenters. The lowest BCUT2D eigenvalue weighted by Gasteiger charge is -2.13. The number of rotatable bonds is 9. The van der Waals surface area contributed by atoms with Crippen LogP contribution >= 0.6 is 11.3 Å². The van der Waals surface area contributed by atoms with Crippen molar-refractivity contribution < 1.29 is 19.0 Å². The van der Waals surface area contributed by atoms with E-state index in [1.165, 1.54) is 17.4 Å². The zero-order valence-corrected chi connectivity index (χ0v) is 19.8. The van der Waals surface area contributed by atoms with Gasteiger partial charge in [0, 0.05) is 16.5 Å². The van der Waals surface area contributed by atoms with Crippen LogP contribution in [-0.2, 0) is 4.79 Å². The summed E-state index contributed by atoms with van der Waals surface area (Å²) < 4.78 is 16.6. The van der Waals surface area contributed by atoms with Crippen LogP contribution < -0.4 is 19.5 Å². The van der Waals surface area contributed by atoms with Gasteiger partial charge >= 0.3 is 0 Å². The molecular formula is C25H28N2O4S. The zero-order chi connectivity index (χ0) is 23.1. The lowest BCUT2D eigenvalue weighted by atomic mass is 10.1. The van der Waals surface area contributed by atoms with Gasteiger partial charge in [0.1, 0.15) is 5.75 Å². The number of nitrogens with zero attached hydrogens (tertiary/aromatic N) is 1. The van der Waals surface area contributed by atoms with E-state index in [-0.39, 0.29) is 12.0 Å². The van der Waals surface area contributed by atoms with E-state index in [0.717, 1.165) is 27.4 Å². The molecule has 7 heteroatoms. The molecular weight excluding hydrogens is 424 g/mol. The van der Waals surface area contributed by atoms with Crippen molar-refractivity contribution in [2.24, 2.45) is 0 Å². The van der Waals surface area contributed by atoms with Crippen molar-refractivity contribution >= 4 is 28.5 Å². The van der Waals surface area contributed by atoms with E-state index in [2.05, 4.69) is 10.3 Å². The molecule has 2 aromatic carbocycles. The first-order valence-electron chi connectivity index (χ1n) is 10.4. The molecule has 3 rings (SSSR count). The molecule has 6 nitrogen and oxygen atoms in total. The molecule has 0 aliphatic heterocycles. The van der Waals surface area contributed by atoms with Crippen LogP contribution in [0, 0.1) is 6.92 Å². The summed E-state index contributed by atoms with van der Waals surface area (Å²) in [5.74, 6) is 1.86. The van der Waals surface area contributed by atoms with E-state index in [9.17, 15) is 4.79 Å². The molecule has 1 aromatic heterocycles. The van der Waals surface area contributed by atoms with Crippen molar-refractivity contribution in [1.82, 2.24) is 4.98 Å². The van der Waals surface area contributed by atoms with Crippen LogP contribution in [0.5, 0.6) is 17.2 Å². The van der Waals surface area contributed by atoms with Crippen LogP contribution in [0.4, 0.5) is 5.13 Å². The first-order chi connectivity index (χ1) is 15.4. The Balaban J connectivity index is 1.67. The van der Waals surface area contributed by atoms with E-state index < -0.39 is 0 Å². The van der Waals surface area contributed by atoms with Crippen molar-refractivity contribution in [3.05, 3.63) is 59.0 Å². The van der Waals surface area contributed by atoms with Crippen molar-refractivity contribution in [2.75, 3.05) is 19.0 Å². The van der Waals surface area contributed by atoms with Crippen LogP contribution in [0.15, 0.2) is 48.5 Å². The number of carbonyl (C=O) groups is 1. The number of aromatic nitrogens is 1. The lowest BCUT2D eigenvalue weighted by molar-refractivity contribution is -0.111. The standard InChI is InChI=1S/C25H28N2O4S/c1-6-30-20-11-9-19(10-12-20)24-17(4)32-25(27-24)26-23(28)14-8-18-7-13-21(31-16(2)3)22(15-18)29-5/h7-16H,6H2,1-5H3,(H,26,27,28)/b14-8+. The summed E-state index contributed by atoms with van der Waals surface area (Å²) in [5.41, 5.74) is 2.66. The van der Waals surface area contributed by atoms with Gasteiger partial charge in [0.05, 0.1) is 25.5 Å². The number of thiazole rings is 1. The average Bonchev–Trinajstić information content (AvgIpc) is 3.13. The van der Waals surface area contributed by atoms with E-state index in [1.54, 1.807) is 13.2 Å². The van der Waals surface area contributed by atoms with Gasteiger partial charge in [0.25, 0.3) is 0 Å². The molecule has 0 saturated heterocycles. The third-order valence-electron chi connectivity index (χ3n) is 4.44. The van der Waals surface area contributed by atoms with Crippen molar-refractivity contribution in [2.45, 2.75) is 33.8 Å². The summed E-state index contributed by atoms with van der Waals surface area (Å²) in [6.07, 6.45) is 3.25. The maximum absolute atomic E-state index is 12.4. The fraction of sp³-hybridized carbons (Fsp3) is 0.280. The normalized spacial score (nSPS) is 11.1. The predicted molar refractivity (Wildman–Crippen MR) is 130 cm³/mol. The lowest BCUT2D eigenvalue weighted by Crippen LogP contribution is -2.07. The van der Waals surface area contributed by atoms with Gasteiger partial charge in [-0.2, -0.15) is 0 Å². The fourth-order valence-electron chi connectivity index (χ4n) is 3.05. The van der Waals surface area contributed by atoms with Crippen molar-refractivity contribution in [3.63, 3.8) is 0 Å². The first kappa shape index (κ1) is 23.3. The van der Waals surface area contributed by atoms with Gasteiger partial charge < -0.3 is 14.2 Å². The minimum absolute atomic E-state index is 0.0466. The zero-order valence-electron chi connectivity index (χ0n) is 19.0. The summed E-state index contributed by atoms with van der Waals surface area (Å²) in [4.78, 5) is 18.0. The predicted octanol–water partition coefficient (Wildman–Crippen LogP) is 5.96. The van der Waals surface area contributed by atoms with E-state index >= 15 is 0 Å². The molecule has 0 saturated carbocycles. The van der Waals surface area contributed by atoms with Gasteiger partial charge in [-0.1, -0.05) is 6.07 Å². The number of ether oxygens (including phenoxy) is 3. The highest BCUT2D eigenvalue weighted by molar-refractivity contribution is 7.16. The van der Waals surface area contributed by atoms with Gasteiger partial charge in [-0.25, -0.2) is 4.98 Å². The molecule has 0 bridgehead atoms. The Morgan fingerprint density at radius 1 is 1.16 bits per heavy atom. The Labute approximate surface area is 192 Å². The Hall–Kier alpha value is -3.32. The van der Waals surface area contributed by atoms with Crippen molar-refractivity contribution in [1.29, 1.82) is 0 Å². The number of nitrogens with one attached hydrogen (secondary N) is 1. The summed E-state index contributed by atoms with van der Waals surface area (Å²) in [7, 11) is 1.59. The van der Waals surface area contributed by atoms with Crippen LogP contribution in [0.1, 0.15) is 31.2 Å². The van der Waals surface area contributed by atoms with Gasteiger partial charge in [0.2, 0.25) is 5.91 Å².